The number of nitrogen functional groups attached to an aromatic ring is 1. The van der Waals surface area contributed by atoms with E-state index in [1.165, 1.54) is 7.11 Å². The van der Waals surface area contributed by atoms with E-state index in [2.05, 4.69) is 25.7 Å². The third kappa shape index (κ3) is 3.52. The zero-order valence-electron chi connectivity index (χ0n) is 10.8. The predicted octanol–water partition coefficient (Wildman–Crippen LogP) is 3.51. The molecule has 0 bridgehead atoms. The van der Waals surface area contributed by atoms with Gasteiger partial charge in [0.15, 0.2) is 0 Å². The fourth-order valence-corrected chi connectivity index (χ4v) is 3.20. The van der Waals surface area contributed by atoms with Crippen LogP contribution in [0.25, 0.3) is 0 Å². The van der Waals surface area contributed by atoms with E-state index in [1.54, 1.807) is 36.2 Å². The van der Waals surface area contributed by atoms with Gasteiger partial charge in [0.2, 0.25) is 0 Å². The molecule has 1 heterocycles. The fraction of sp³-hybridized carbons (Fsp3) is 0.143. The number of anilines is 1. The molecule has 6 heteroatoms. The van der Waals surface area contributed by atoms with E-state index in [-0.39, 0.29) is 5.97 Å². The number of thioether (sulfide) groups is 1. The maximum atomic E-state index is 11.4. The summed E-state index contributed by atoms with van der Waals surface area (Å²) in [7, 11) is 1.36. The van der Waals surface area contributed by atoms with Crippen LogP contribution in [0.4, 0.5) is 5.69 Å². The smallest absolute Gasteiger partial charge is 0.337 e. The lowest BCUT2D eigenvalue weighted by Crippen LogP contribution is -2.01. The van der Waals surface area contributed by atoms with Crippen molar-refractivity contribution in [3.8, 4) is 0 Å². The predicted molar refractivity (Wildman–Crippen MR) is 83.7 cm³/mol. The van der Waals surface area contributed by atoms with Crippen molar-refractivity contribution >= 4 is 39.3 Å². The standard InChI is InChI=1S/C14H13BrN2O2S/c1-19-14(18)9-4-5-10(11(15)7-9)8-20-13-12(16)3-2-6-17-13/h2-7H,8,16H2,1H3. The molecule has 2 N–H and O–H groups in total. The molecule has 1 aromatic carbocycles. The second kappa shape index (κ2) is 6.76. The van der Waals surface area contributed by atoms with Crippen molar-refractivity contribution in [3.63, 3.8) is 0 Å². The number of carbonyl (C=O) groups is 1. The number of ether oxygens (including phenoxy) is 1. The molecular formula is C14H13BrN2O2S. The molecule has 0 spiro atoms. The van der Waals surface area contributed by atoms with Crippen molar-refractivity contribution in [2.45, 2.75) is 10.8 Å². The third-order valence-corrected chi connectivity index (χ3v) is 4.45. The van der Waals surface area contributed by atoms with E-state index < -0.39 is 0 Å². The molecule has 1 aromatic heterocycles. The van der Waals surface area contributed by atoms with Crippen LogP contribution in [0.3, 0.4) is 0 Å². The van der Waals surface area contributed by atoms with Gasteiger partial charge in [-0.15, -0.1) is 0 Å². The number of carbonyl (C=O) groups excluding carboxylic acids is 1. The van der Waals surface area contributed by atoms with Gasteiger partial charge in [0.1, 0.15) is 5.03 Å². The number of rotatable bonds is 4. The van der Waals surface area contributed by atoms with Crippen molar-refractivity contribution in [3.05, 3.63) is 52.1 Å². The molecule has 0 amide bonds. The van der Waals surface area contributed by atoms with Gasteiger partial charge in [-0.1, -0.05) is 33.8 Å². The van der Waals surface area contributed by atoms with Crippen molar-refractivity contribution < 1.29 is 9.53 Å². The molecule has 104 valence electrons. The highest BCUT2D eigenvalue weighted by Crippen LogP contribution is 2.29. The molecule has 0 aliphatic rings. The molecule has 0 saturated heterocycles. The number of benzene rings is 1. The molecule has 0 atom stereocenters. The summed E-state index contributed by atoms with van der Waals surface area (Å²) in [6.45, 7) is 0. The van der Waals surface area contributed by atoms with Crippen molar-refractivity contribution in [1.82, 2.24) is 4.98 Å². The first-order valence-electron chi connectivity index (χ1n) is 5.82. The fourth-order valence-electron chi connectivity index (χ4n) is 1.58. The van der Waals surface area contributed by atoms with Gasteiger partial charge in [-0.05, 0) is 29.8 Å². The van der Waals surface area contributed by atoms with E-state index >= 15 is 0 Å². The van der Waals surface area contributed by atoms with Gasteiger partial charge in [-0.25, -0.2) is 9.78 Å². The highest BCUT2D eigenvalue weighted by atomic mass is 79.9. The minimum Gasteiger partial charge on any atom is -0.465 e. The first-order chi connectivity index (χ1) is 9.61. The topological polar surface area (TPSA) is 65.2 Å². The van der Waals surface area contributed by atoms with E-state index in [9.17, 15) is 4.79 Å². The summed E-state index contributed by atoms with van der Waals surface area (Å²) in [5.41, 5.74) is 8.10. The molecule has 0 unspecified atom stereocenters. The quantitative estimate of drug-likeness (QED) is 0.673. The molecular weight excluding hydrogens is 340 g/mol. The largest absolute Gasteiger partial charge is 0.465 e. The number of aromatic nitrogens is 1. The Kier molecular flexibility index (Phi) is 5.03. The lowest BCUT2D eigenvalue weighted by atomic mass is 10.1. The summed E-state index contributed by atoms with van der Waals surface area (Å²) in [6, 6.07) is 9.02. The highest BCUT2D eigenvalue weighted by Gasteiger charge is 2.09. The summed E-state index contributed by atoms with van der Waals surface area (Å²) >= 11 is 5.02. The summed E-state index contributed by atoms with van der Waals surface area (Å²) in [5.74, 6) is 0.363. The molecule has 4 nitrogen and oxygen atoms in total. The molecule has 0 aliphatic heterocycles. The lowest BCUT2D eigenvalue weighted by molar-refractivity contribution is 0.0600. The maximum Gasteiger partial charge on any atom is 0.337 e. The van der Waals surface area contributed by atoms with Gasteiger partial charge in [-0.2, -0.15) is 0 Å². The number of esters is 1. The first kappa shape index (κ1) is 14.9. The van der Waals surface area contributed by atoms with Crippen LogP contribution in [0.1, 0.15) is 15.9 Å². The number of hydrogen-bond donors (Lipinski definition) is 1. The molecule has 0 aliphatic carbocycles. The van der Waals surface area contributed by atoms with Gasteiger partial charge in [0.05, 0.1) is 18.4 Å². The zero-order chi connectivity index (χ0) is 14.5. The van der Waals surface area contributed by atoms with E-state index in [0.717, 1.165) is 15.1 Å². The molecule has 0 radical (unpaired) electrons. The minimum atomic E-state index is -0.348. The Hall–Kier alpha value is -1.53. The second-order valence-electron chi connectivity index (χ2n) is 3.98. The van der Waals surface area contributed by atoms with Crippen molar-refractivity contribution in [1.29, 1.82) is 0 Å². The Bertz CT molecular complexity index is 634. The lowest BCUT2D eigenvalue weighted by Gasteiger charge is -2.07. The van der Waals surface area contributed by atoms with E-state index in [4.69, 9.17) is 5.73 Å². The van der Waals surface area contributed by atoms with E-state index in [0.29, 0.717) is 17.0 Å². The molecule has 2 aromatic rings. The Morgan fingerprint density at radius 3 is 2.90 bits per heavy atom. The average molecular weight is 353 g/mol. The number of halogens is 1. The van der Waals surface area contributed by atoms with Crippen LogP contribution in [-0.2, 0) is 10.5 Å². The Morgan fingerprint density at radius 2 is 2.25 bits per heavy atom. The van der Waals surface area contributed by atoms with Crippen LogP contribution in [0.5, 0.6) is 0 Å². The van der Waals surface area contributed by atoms with Crippen LogP contribution in [0, 0.1) is 0 Å². The number of methoxy groups -OCH3 is 1. The van der Waals surface area contributed by atoms with Gasteiger partial charge in [-0.3, -0.25) is 0 Å². The number of nitrogens with two attached hydrogens (primary N) is 1. The second-order valence-corrected chi connectivity index (χ2v) is 5.80. The molecule has 0 fully saturated rings. The Morgan fingerprint density at radius 1 is 1.45 bits per heavy atom. The number of nitrogens with zero attached hydrogens (tertiary/aromatic N) is 1. The summed E-state index contributed by atoms with van der Waals surface area (Å²) in [5, 5.41) is 0.802. The average Bonchev–Trinajstić information content (AvgIpc) is 2.46. The summed E-state index contributed by atoms with van der Waals surface area (Å²) in [6.07, 6.45) is 1.72. The van der Waals surface area contributed by atoms with Gasteiger partial charge < -0.3 is 10.5 Å². The molecule has 2 rings (SSSR count). The van der Waals surface area contributed by atoms with Crippen LogP contribution >= 0.6 is 27.7 Å². The van der Waals surface area contributed by atoms with Gasteiger partial charge in [0, 0.05) is 16.4 Å². The third-order valence-electron chi connectivity index (χ3n) is 2.64. The molecule has 20 heavy (non-hydrogen) atoms. The number of hydrogen-bond acceptors (Lipinski definition) is 5. The minimum absolute atomic E-state index is 0.348. The maximum absolute atomic E-state index is 11.4. The van der Waals surface area contributed by atoms with Crippen LogP contribution in [0.15, 0.2) is 46.0 Å². The normalized spacial score (nSPS) is 10.3. The van der Waals surface area contributed by atoms with Crippen LogP contribution in [-0.4, -0.2) is 18.1 Å². The van der Waals surface area contributed by atoms with E-state index in [1.807, 2.05) is 12.1 Å². The van der Waals surface area contributed by atoms with Crippen LogP contribution in [0.2, 0.25) is 0 Å². The Balaban J connectivity index is 2.11. The highest BCUT2D eigenvalue weighted by molar-refractivity contribution is 9.10. The monoisotopic (exact) mass is 352 g/mol. The summed E-state index contributed by atoms with van der Waals surface area (Å²) in [4.78, 5) is 15.7. The van der Waals surface area contributed by atoms with Gasteiger partial charge >= 0.3 is 5.97 Å². The zero-order valence-corrected chi connectivity index (χ0v) is 13.2. The van der Waals surface area contributed by atoms with Crippen molar-refractivity contribution in [2.24, 2.45) is 0 Å². The number of pyridine rings is 1. The first-order valence-corrected chi connectivity index (χ1v) is 7.59. The van der Waals surface area contributed by atoms with Gasteiger partial charge in [0.25, 0.3) is 0 Å². The van der Waals surface area contributed by atoms with Crippen LogP contribution < -0.4 is 5.73 Å². The Labute approximate surface area is 129 Å². The van der Waals surface area contributed by atoms with Crippen molar-refractivity contribution in [2.75, 3.05) is 12.8 Å². The molecule has 0 saturated carbocycles. The summed E-state index contributed by atoms with van der Waals surface area (Å²) < 4.78 is 5.55. The SMILES string of the molecule is COC(=O)c1ccc(CSc2ncccc2N)c(Br)c1.